The number of halogens is 2. The molecule has 0 unspecified atom stereocenters. The molecular formula is C66H78Cl2Hf2Si2-6. The number of allylic oxidation sites excluding steroid dienone is 8. The number of hydrogen-bond acceptors (Lipinski definition) is 0. The molecule has 4 aliphatic carbocycles. The first-order valence-electron chi connectivity index (χ1n) is 24.7. The van der Waals surface area contributed by atoms with Gasteiger partial charge in [-0.15, -0.1) is 24.0 Å². The molecular weight excluding hydrogens is 1280 g/mol. The summed E-state index contributed by atoms with van der Waals surface area (Å²) in [5.41, 5.74) is 17.8. The van der Waals surface area contributed by atoms with E-state index in [9.17, 15) is 0 Å². The van der Waals surface area contributed by atoms with Crippen molar-refractivity contribution < 1.29 is 76.5 Å². The van der Waals surface area contributed by atoms with Gasteiger partial charge in [-0.1, -0.05) is 226 Å². The number of fused-ring (bicyclic) bond motifs is 6. The minimum atomic E-state index is 0. The third-order valence-electron chi connectivity index (χ3n) is 12.5. The Labute approximate surface area is 493 Å². The van der Waals surface area contributed by atoms with Gasteiger partial charge in [-0.2, -0.15) is 70.8 Å². The summed E-state index contributed by atoms with van der Waals surface area (Å²) in [6.07, 6.45) is 22.1. The molecule has 0 spiro atoms. The third kappa shape index (κ3) is 20.0. The topological polar surface area (TPSA) is 0 Å². The second-order valence-corrected chi connectivity index (χ2v) is 24.5. The van der Waals surface area contributed by atoms with E-state index in [0.29, 0.717) is 19.0 Å². The van der Waals surface area contributed by atoms with Crippen LogP contribution >= 0.6 is 0 Å². The van der Waals surface area contributed by atoms with Crippen molar-refractivity contribution in [3.05, 3.63) is 227 Å². The van der Waals surface area contributed by atoms with Crippen LogP contribution in [0.15, 0.2) is 158 Å². The predicted molar refractivity (Wildman–Crippen MR) is 303 cm³/mol. The molecule has 6 aromatic carbocycles. The van der Waals surface area contributed by atoms with E-state index in [2.05, 4.69) is 254 Å². The summed E-state index contributed by atoms with van der Waals surface area (Å²) in [5.74, 6) is 0. The van der Waals surface area contributed by atoms with Crippen molar-refractivity contribution in [3.63, 3.8) is 0 Å². The summed E-state index contributed by atoms with van der Waals surface area (Å²) >= 11 is 0. The molecule has 0 nitrogen and oxygen atoms in total. The van der Waals surface area contributed by atoms with Gasteiger partial charge in [0.2, 0.25) is 0 Å². The first kappa shape index (κ1) is 67.0. The largest absolute Gasteiger partial charge is 1.00 e. The zero-order chi connectivity index (χ0) is 49.5. The van der Waals surface area contributed by atoms with E-state index in [4.69, 9.17) is 0 Å². The van der Waals surface area contributed by atoms with Gasteiger partial charge in [0.15, 0.2) is 0 Å². The molecule has 2 radical (unpaired) electrons. The summed E-state index contributed by atoms with van der Waals surface area (Å²) in [6.45, 7) is 31.9. The van der Waals surface area contributed by atoms with E-state index < -0.39 is 0 Å². The molecule has 378 valence electrons. The molecule has 0 atom stereocenters. The van der Waals surface area contributed by atoms with Crippen molar-refractivity contribution >= 4 is 29.4 Å². The standard InChI is InChI=1S/2C21H25.2C7H9Si.2C5H5.2ClH.2Hf/c2*1-20(2,3)15-11-10-14-12-18-16(17(14)13-15)8-7-9-19(18)21(4,5)6;2*1-8-7-5-3-2-4-6-7;2*1-2-4-5-3-1;;;;/h2*7-9,11,13H,12H2,1-6H3;2*2-6,8H,1H3;2*1-3H,4H2;2*1H;;/q2*-1;;;2*-1;;;;/p-2. The van der Waals surface area contributed by atoms with E-state index in [1.54, 1.807) is 0 Å². The van der Waals surface area contributed by atoms with Gasteiger partial charge in [-0.05, 0) is 45.9 Å². The molecule has 10 rings (SSSR count). The quantitative estimate of drug-likeness (QED) is 0.120. The monoisotopic (exact) mass is 1360 g/mol. The van der Waals surface area contributed by atoms with Crippen molar-refractivity contribution in [2.45, 2.75) is 144 Å². The van der Waals surface area contributed by atoms with Gasteiger partial charge in [0, 0.05) is 51.7 Å². The van der Waals surface area contributed by atoms with Crippen LogP contribution in [0.3, 0.4) is 0 Å². The molecule has 72 heavy (non-hydrogen) atoms. The molecule has 0 heterocycles. The minimum absolute atomic E-state index is 0. The summed E-state index contributed by atoms with van der Waals surface area (Å²) in [7, 11) is 1.02. The van der Waals surface area contributed by atoms with Crippen LogP contribution in [0.2, 0.25) is 13.1 Å². The van der Waals surface area contributed by atoms with Gasteiger partial charge in [0.1, 0.15) is 0 Å². The SMILES string of the molecule is CC(C)(C)c1c[c-]c2c(c1)-c1cccc(C(C)(C)C)c1C2.CC(C)(C)c1c[c-]c2c(c1)-c1cccc(C(C)(C)C)c1C2.C[SiH]c1ccccc1.C[SiH]c1ccccc1.[C-]1=CC=CC1.[C-]1=CC=CC1.[Cl-].[Cl-].[Hf].[Hf]. The first-order valence-corrected chi connectivity index (χ1v) is 28.2. The molecule has 0 N–H and O–H groups in total. The fourth-order valence-corrected chi connectivity index (χ4v) is 9.70. The zero-order valence-electron chi connectivity index (χ0n) is 45.8. The fourth-order valence-electron chi connectivity index (χ4n) is 8.48. The van der Waals surface area contributed by atoms with Crippen molar-refractivity contribution in [2.24, 2.45) is 0 Å². The van der Waals surface area contributed by atoms with Gasteiger partial charge >= 0.3 is 0 Å². The Morgan fingerprint density at radius 3 is 1.00 bits per heavy atom. The maximum atomic E-state index is 3.55. The van der Waals surface area contributed by atoms with E-state index in [0.717, 1.165) is 25.7 Å². The number of rotatable bonds is 2. The number of hydrogen-bond donors (Lipinski definition) is 0. The summed E-state index contributed by atoms with van der Waals surface area (Å²) in [5, 5.41) is 2.99. The van der Waals surface area contributed by atoms with Crippen LogP contribution in [0, 0.1) is 24.3 Å². The van der Waals surface area contributed by atoms with Crippen molar-refractivity contribution in [3.8, 4) is 22.3 Å². The summed E-state index contributed by atoms with van der Waals surface area (Å²) in [6, 6.07) is 50.9. The Morgan fingerprint density at radius 2 is 0.764 bits per heavy atom. The average molecular weight is 1360 g/mol. The van der Waals surface area contributed by atoms with Crippen LogP contribution in [0.1, 0.15) is 140 Å². The molecule has 0 fully saturated rings. The Kier molecular flexibility index (Phi) is 29.0. The van der Waals surface area contributed by atoms with E-state index in [1.165, 1.54) is 77.1 Å². The molecule has 6 heteroatoms. The van der Waals surface area contributed by atoms with Crippen LogP contribution in [0.25, 0.3) is 22.3 Å². The Balaban J connectivity index is 0.000000468. The van der Waals surface area contributed by atoms with Crippen LogP contribution in [-0.4, -0.2) is 19.0 Å². The van der Waals surface area contributed by atoms with Crippen LogP contribution in [0.5, 0.6) is 0 Å². The van der Waals surface area contributed by atoms with Gasteiger partial charge in [0.25, 0.3) is 0 Å². The van der Waals surface area contributed by atoms with Crippen LogP contribution in [-0.2, 0) is 86.2 Å². The van der Waals surface area contributed by atoms with E-state index in [1.807, 2.05) is 24.3 Å². The van der Waals surface area contributed by atoms with E-state index in [-0.39, 0.29) is 98.2 Å². The maximum Gasteiger partial charge on any atom is 0.0635 e. The predicted octanol–water partition coefficient (Wildman–Crippen LogP) is 9.51. The average Bonchev–Trinajstić information content (AvgIpc) is 4.17. The zero-order valence-corrected chi connectivity index (χ0v) is 56.8. The van der Waals surface area contributed by atoms with Crippen molar-refractivity contribution in [1.82, 2.24) is 0 Å². The number of benzene rings is 6. The Bertz CT molecular complexity index is 2460. The first-order chi connectivity index (χ1) is 32.2. The van der Waals surface area contributed by atoms with Crippen LogP contribution < -0.4 is 35.2 Å². The molecule has 0 aromatic heterocycles. The second-order valence-electron chi connectivity index (χ2n) is 22.0. The van der Waals surface area contributed by atoms with E-state index >= 15 is 0 Å². The maximum absolute atomic E-state index is 3.55. The smallest absolute Gasteiger partial charge is 0.0635 e. The summed E-state index contributed by atoms with van der Waals surface area (Å²) < 4.78 is 0. The van der Waals surface area contributed by atoms with Gasteiger partial charge in [-0.3, -0.25) is 12.2 Å². The molecule has 0 aliphatic heterocycles. The molecule has 0 saturated carbocycles. The molecule has 0 amide bonds. The third-order valence-corrected chi connectivity index (χ3v) is 14.6. The van der Waals surface area contributed by atoms with Gasteiger partial charge in [0.05, 0.1) is 19.0 Å². The molecule has 0 bridgehead atoms. The minimum Gasteiger partial charge on any atom is -1.00 e. The normalized spacial score (nSPS) is 12.6. The molecule has 0 saturated heterocycles. The molecule has 6 aromatic rings. The van der Waals surface area contributed by atoms with Gasteiger partial charge in [-0.25, -0.2) is 24.3 Å². The van der Waals surface area contributed by atoms with Gasteiger partial charge < -0.3 is 24.8 Å². The van der Waals surface area contributed by atoms with Crippen LogP contribution in [0.4, 0.5) is 0 Å². The fraction of sp³-hybridized carbons (Fsp3) is 0.333. The Hall–Kier alpha value is -2.97. The summed E-state index contributed by atoms with van der Waals surface area (Å²) in [4.78, 5) is 0. The second kappa shape index (κ2) is 31.2. The van der Waals surface area contributed by atoms with Crippen molar-refractivity contribution in [1.29, 1.82) is 0 Å². The van der Waals surface area contributed by atoms with Crippen molar-refractivity contribution in [2.75, 3.05) is 0 Å². The Morgan fingerprint density at radius 1 is 0.417 bits per heavy atom. The molecule has 4 aliphatic rings.